The lowest BCUT2D eigenvalue weighted by molar-refractivity contribution is -0.136. The van der Waals surface area contributed by atoms with E-state index in [-0.39, 0.29) is 11.3 Å². The molecule has 1 heterocycles. The number of unbranched alkanes of at least 4 members (excludes halogenated alkanes) is 1. The molecule has 0 spiro atoms. The molecular weight excluding hydrogens is 321 g/mol. The molecule has 0 aliphatic heterocycles. The minimum Gasteiger partial charge on any atom is -0.354 e. The summed E-state index contributed by atoms with van der Waals surface area (Å²) >= 11 is 0. The molecule has 1 aromatic carbocycles. The van der Waals surface area contributed by atoms with Crippen molar-refractivity contribution in [2.45, 2.75) is 25.9 Å². The molecule has 128 valence electrons. The van der Waals surface area contributed by atoms with E-state index in [0.717, 1.165) is 18.9 Å². The molecule has 0 aliphatic rings. The monoisotopic (exact) mass is 338 g/mol. The molecule has 2 N–H and O–H groups in total. The SMILES string of the molecule is CCCCNc1ncc(C(=O)Nc2ccccc2C(F)(F)F)cn1. The summed E-state index contributed by atoms with van der Waals surface area (Å²) in [6.07, 6.45) is -0.0288. The first kappa shape index (κ1) is 17.7. The lowest BCUT2D eigenvalue weighted by atomic mass is 10.1. The van der Waals surface area contributed by atoms with Gasteiger partial charge in [0.25, 0.3) is 5.91 Å². The van der Waals surface area contributed by atoms with Crippen LogP contribution in [0, 0.1) is 0 Å². The number of carbonyl (C=O) groups is 1. The third-order valence-electron chi connectivity index (χ3n) is 3.21. The van der Waals surface area contributed by atoms with Crippen LogP contribution in [-0.2, 0) is 6.18 Å². The zero-order valence-corrected chi connectivity index (χ0v) is 13.0. The highest BCUT2D eigenvalue weighted by atomic mass is 19.4. The van der Waals surface area contributed by atoms with Crippen LogP contribution in [-0.4, -0.2) is 22.4 Å². The highest BCUT2D eigenvalue weighted by Crippen LogP contribution is 2.34. The standard InChI is InChI=1S/C16H17F3N4O/c1-2-3-8-20-15-21-9-11(10-22-15)14(24)23-13-7-5-4-6-12(13)16(17,18)19/h4-7,9-10H,2-3,8H2,1H3,(H,23,24)(H,20,21,22). The second-order valence-corrected chi connectivity index (χ2v) is 5.07. The van der Waals surface area contributed by atoms with Crippen molar-refractivity contribution in [3.8, 4) is 0 Å². The first-order valence-corrected chi connectivity index (χ1v) is 7.45. The predicted molar refractivity (Wildman–Crippen MR) is 84.8 cm³/mol. The van der Waals surface area contributed by atoms with Crippen molar-refractivity contribution >= 4 is 17.5 Å². The summed E-state index contributed by atoms with van der Waals surface area (Å²) in [4.78, 5) is 20.0. The van der Waals surface area contributed by atoms with Gasteiger partial charge in [-0.05, 0) is 18.6 Å². The summed E-state index contributed by atoms with van der Waals surface area (Å²) in [5, 5.41) is 5.23. The Bertz CT molecular complexity index is 686. The summed E-state index contributed by atoms with van der Waals surface area (Å²) in [7, 11) is 0. The largest absolute Gasteiger partial charge is 0.418 e. The zero-order valence-electron chi connectivity index (χ0n) is 13.0. The van der Waals surface area contributed by atoms with Gasteiger partial charge in [-0.15, -0.1) is 0 Å². The molecule has 0 bridgehead atoms. The number of halogens is 3. The Labute approximate surface area is 137 Å². The predicted octanol–water partition coefficient (Wildman–Crippen LogP) is 3.96. The van der Waals surface area contributed by atoms with Crippen LogP contribution in [0.15, 0.2) is 36.7 Å². The summed E-state index contributed by atoms with van der Waals surface area (Å²) in [5.41, 5.74) is -1.13. The topological polar surface area (TPSA) is 66.9 Å². The van der Waals surface area contributed by atoms with Gasteiger partial charge < -0.3 is 10.6 Å². The van der Waals surface area contributed by atoms with Crippen molar-refractivity contribution in [1.29, 1.82) is 0 Å². The molecule has 0 saturated heterocycles. The van der Waals surface area contributed by atoms with E-state index < -0.39 is 17.6 Å². The van der Waals surface area contributed by atoms with Crippen LogP contribution in [0.25, 0.3) is 0 Å². The van der Waals surface area contributed by atoms with Gasteiger partial charge in [0.15, 0.2) is 0 Å². The maximum atomic E-state index is 12.9. The minimum atomic E-state index is -4.55. The fourth-order valence-electron chi connectivity index (χ4n) is 1.95. The van der Waals surface area contributed by atoms with Crippen LogP contribution in [0.4, 0.5) is 24.8 Å². The molecule has 0 aliphatic carbocycles. The van der Waals surface area contributed by atoms with Crippen molar-refractivity contribution in [2.24, 2.45) is 0 Å². The summed E-state index contributed by atoms with van der Waals surface area (Å²) in [5.74, 6) is -0.331. The third-order valence-corrected chi connectivity index (χ3v) is 3.21. The molecule has 24 heavy (non-hydrogen) atoms. The number of hydrogen-bond donors (Lipinski definition) is 2. The molecule has 0 fully saturated rings. The second-order valence-electron chi connectivity index (χ2n) is 5.07. The molecule has 0 unspecified atom stereocenters. The van der Waals surface area contributed by atoms with Crippen LogP contribution in [0.3, 0.4) is 0 Å². The van der Waals surface area contributed by atoms with Crippen molar-refractivity contribution in [3.05, 3.63) is 47.8 Å². The molecule has 1 amide bonds. The second kappa shape index (κ2) is 7.76. The summed E-state index contributed by atoms with van der Waals surface area (Å²) in [6, 6.07) is 4.79. The number of aromatic nitrogens is 2. The number of alkyl halides is 3. The normalized spacial score (nSPS) is 11.2. The first-order valence-electron chi connectivity index (χ1n) is 7.45. The van der Waals surface area contributed by atoms with E-state index in [1.807, 2.05) is 0 Å². The van der Waals surface area contributed by atoms with Crippen LogP contribution >= 0.6 is 0 Å². The van der Waals surface area contributed by atoms with E-state index in [2.05, 4.69) is 27.5 Å². The number of anilines is 2. The van der Waals surface area contributed by atoms with E-state index in [9.17, 15) is 18.0 Å². The first-order chi connectivity index (χ1) is 11.4. The van der Waals surface area contributed by atoms with Crippen molar-refractivity contribution in [1.82, 2.24) is 9.97 Å². The lowest BCUT2D eigenvalue weighted by Crippen LogP contribution is -2.17. The van der Waals surface area contributed by atoms with Gasteiger partial charge in [-0.25, -0.2) is 9.97 Å². The zero-order chi connectivity index (χ0) is 17.6. The number of hydrogen-bond acceptors (Lipinski definition) is 4. The molecule has 8 heteroatoms. The van der Waals surface area contributed by atoms with Gasteiger partial charge in [0, 0.05) is 18.9 Å². The van der Waals surface area contributed by atoms with Crippen LogP contribution in [0.2, 0.25) is 0 Å². The van der Waals surface area contributed by atoms with Gasteiger partial charge in [0.1, 0.15) is 0 Å². The van der Waals surface area contributed by atoms with Crippen molar-refractivity contribution in [2.75, 3.05) is 17.2 Å². The molecular formula is C16H17F3N4O. The quantitative estimate of drug-likeness (QED) is 0.783. The molecule has 0 saturated carbocycles. The van der Waals surface area contributed by atoms with Crippen molar-refractivity contribution in [3.63, 3.8) is 0 Å². The minimum absolute atomic E-state index is 0.0769. The number of rotatable bonds is 6. The molecule has 2 aromatic rings. The number of amides is 1. The summed E-state index contributed by atoms with van der Waals surface area (Å²) < 4.78 is 38.8. The van der Waals surface area contributed by atoms with Crippen LogP contribution in [0.1, 0.15) is 35.7 Å². The third kappa shape index (κ3) is 4.68. The average molecular weight is 338 g/mol. The molecule has 5 nitrogen and oxygen atoms in total. The number of benzene rings is 1. The van der Waals surface area contributed by atoms with Gasteiger partial charge in [0.05, 0.1) is 16.8 Å². The fourth-order valence-corrected chi connectivity index (χ4v) is 1.95. The number of nitrogens with zero attached hydrogens (tertiary/aromatic N) is 2. The van der Waals surface area contributed by atoms with Crippen molar-refractivity contribution < 1.29 is 18.0 Å². The Morgan fingerprint density at radius 1 is 1.17 bits per heavy atom. The molecule has 1 aromatic heterocycles. The van der Waals surface area contributed by atoms with Gasteiger partial charge in [-0.1, -0.05) is 25.5 Å². The van der Waals surface area contributed by atoms with Gasteiger partial charge in [-0.2, -0.15) is 13.2 Å². The van der Waals surface area contributed by atoms with Crippen LogP contribution < -0.4 is 10.6 Å². The van der Waals surface area contributed by atoms with Gasteiger partial charge in [0.2, 0.25) is 5.95 Å². The van der Waals surface area contributed by atoms with E-state index >= 15 is 0 Å². The molecule has 2 rings (SSSR count). The van der Waals surface area contributed by atoms with Gasteiger partial charge >= 0.3 is 6.18 Å². The Kier molecular flexibility index (Phi) is 5.73. The van der Waals surface area contributed by atoms with E-state index in [0.29, 0.717) is 12.5 Å². The van der Waals surface area contributed by atoms with Gasteiger partial charge in [-0.3, -0.25) is 4.79 Å². The Morgan fingerprint density at radius 2 is 1.83 bits per heavy atom. The number of carbonyl (C=O) groups excluding carboxylic acids is 1. The van der Waals surface area contributed by atoms with E-state index in [1.165, 1.54) is 30.6 Å². The smallest absolute Gasteiger partial charge is 0.354 e. The number of para-hydroxylation sites is 1. The molecule has 0 radical (unpaired) electrons. The maximum absolute atomic E-state index is 12.9. The Morgan fingerprint density at radius 3 is 2.46 bits per heavy atom. The highest BCUT2D eigenvalue weighted by Gasteiger charge is 2.33. The number of nitrogens with one attached hydrogen (secondary N) is 2. The Hall–Kier alpha value is -2.64. The summed E-state index contributed by atoms with van der Waals surface area (Å²) in [6.45, 7) is 2.76. The lowest BCUT2D eigenvalue weighted by Gasteiger charge is -2.13. The highest BCUT2D eigenvalue weighted by molar-refractivity contribution is 6.04. The van der Waals surface area contributed by atoms with Crippen LogP contribution in [0.5, 0.6) is 0 Å². The maximum Gasteiger partial charge on any atom is 0.418 e. The fraction of sp³-hybridized carbons (Fsp3) is 0.312. The van der Waals surface area contributed by atoms with E-state index in [4.69, 9.17) is 0 Å². The molecule has 0 atom stereocenters. The Balaban J connectivity index is 2.08. The average Bonchev–Trinajstić information content (AvgIpc) is 2.55. The van der Waals surface area contributed by atoms with E-state index in [1.54, 1.807) is 0 Å².